The van der Waals surface area contributed by atoms with Crippen LogP contribution in [0, 0.1) is 5.92 Å². The second-order valence-corrected chi connectivity index (χ2v) is 12.0. The van der Waals surface area contributed by atoms with Crippen molar-refractivity contribution in [3.8, 4) is 0 Å². The summed E-state index contributed by atoms with van der Waals surface area (Å²) < 4.78 is 28.4. The minimum absolute atomic E-state index is 0.0928. The Bertz CT molecular complexity index is 670. The normalized spacial score (nSPS) is 28.8. The molecule has 6 heteroatoms. The van der Waals surface area contributed by atoms with Gasteiger partial charge in [0.15, 0.2) is 0 Å². The predicted molar refractivity (Wildman–Crippen MR) is 113 cm³/mol. The average Bonchev–Trinajstić information content (AvgIpc) is 3.27. The average molecular weight is 391 g/mol. The molecule has 1 aromatic rings. The van der Waals surface area contributed by atoms with Gasteiger partial charge in [-0.25, -0.2) is 8.93 Å². The van der Waals surface area contributed by atoms with Gasteiger partial charge >= 0.3 is 7.12 Å². The van der Waals surface area contributed by atoms with Gasteiger partial charge in [0, 0.05) is 0 Å². The summed E-state index contributed by atoms with van der Waals surface area (Å²) in [7, 11) is -1.56. The van der Waals surface area contributed by atoms with Crippen LogP contribution in [0.3, 0.4) is 0 Å². The predicted octanol–water partition coefficient (Wildman–Crippen LogP) is 4.23. The molecule has 0 unspecified atom stereocenters. The van der Waals surface area contributed by atoms with Crippen molar-refractivity contribution in [2.24, 2.45) is 5.92 Å². The Balaban J connectivity index is 1.73. The van der Waals surface area contributed by atoms with E-state index < -0.39 is 18.1 Å². The van der Waals surface area contributed by atoms with Gasteiger partial charge in [0.2, 0.25) is 0 Å². The molecular weight excluding hydrogens is 357 g/mol. The second kappa shape index (κ2) is 7.29. The van der Waals surface area contributed by atoms with Gasteiger partial charge in [-0.15, -0.1) is 0 Å². The van der Waals surface area contributed by atoms with Crippen molar-refractivity contribution in [2.75, 3.05) is 0 Å². The number of rotatable bonds is 6. The van der Waals surface area contributed by atoms with Crippen LogP contribution in [0.2, 0.25) is 0 Å². The van der Waals surface area contributed by atoms with E-state index in [2.05, 4.69) is 62.7 Å². The first-order chi connectivity index (χ1) is 12.4. The first kappa shape index (κ1) is 21.0. The fourth-order valence-electron chi connectivity index (χ4n) is 3.52. The molecule has 4 nitrogen and oxygen atoms in total. The van der Waals surface area contributed by atoms with Gasteiger partial charge in [0.1, 0.15) is 0 Å². The fraction of sp³-hybridized carbons (Fsp3) is 0.714. The van der Waals surface area contributed by atoms with E-state index in [0.717, 1.165) is 6.42 Å². The highest BCUT2D eigenvalue weighted by Crippen LogP contribution is 2.51. The zero-order valence-corrected chi connectivity index (χ0v) is 18.6. The lowest BCUT2D eigenvalue weighted by molar-refractivity contribution is 0.00578. The first-order valence-corrected chi connectivity index (χ1v) is 11.1. The summed E-state index contributed by atoms with van der Waals surface area (Å²) in [6.45, 7) is 14.2. The van der Waals surface area contributed by atoms with E-state index in [1.165, 1.54) is 12.0 Å². The minimum atomic E-state index is -1.17. The molecule has 1 aliphatic heterocycles. The zero-order chi connectivity index (χ0) is 20.0. The Morgan fingerprint density at radius 3 is 2.22 bits per heavy atom. The van der Waals surface area contributed by atoms with Crippen LogP contribution in [-0.4, -0.2) is 33.2 Å². The highest BCUT2D eigenvalue weighted by atomic mass is 32.2. The summed E-state index contributed by atoms with van der Waals surface area (Å²) in [4.78, 5) is 0. The van der Waals surface area contributed by atoms with Crippen LogP contribution in [0.1, 0.15) is 72.8 Å². The Kier molecular flexibility index (Phi) is 5.68. The maximum atomic E-state index is 12.8. The lowest BCUT2D eigenvalue weighted by atomic mass is 9.75. The van der Waals surface area contributed by atoms with Crippen molar-refractivity contribution in [1.29, 1.82) is 0 Å². The second-order valence-electron chi connectivity index (χ2n) is 9.98. The third-order valence-electron chi connectivity index (χ3n) is 6.12. The van der Waals surface area contributed by atoms with Crippen LogP contribution < -0.4 is 4.72 Å². The van der Waals surface area contributed by atoms with Crippen molar-refractivity contribution >= 4 is 18.1 Å². The molecule has 1 aromatic carbocycles. The van der Waals surface area contributed by atoms with Crippen molar-refractivity contribution in [3.63, 3.8) is 0 Å². The molecule has 1 N–H and O–H groups in total. The van der Waals surface area contributed by atoms with E-state index in [9.17, 15) is 4.21 Å². The van der Waals surface area contributed by atoms with E-state index >= 15 is 0 Å². The third kappa shape index (κ3) is 4.66. The standard InChI is InChI=1S/C21H34BNO3S/c1-19(2,3)27(24)23-18(22-25-20(4,5)21(6,7)26-22)14-16-13-17(16)15-11-9-8-10-12-15/h8-12,16-18,23H,13-14H2,1-7H3/t16-,17-,18+,27-/m1/s1. The van der Waals surface area contributed by atoms with Gasteiger partial charge in [-0.05, 0) is 78.7 Å². The van der Waals surface area contributed by atoms with Crippen LogP contribution in [-0.2, 0) is 20.3 Å². The van der Waals surface area contributed by atoms with Crippen LogP contribution in [0.25, 0.3) is 0 Å². The zero-order valence-electron chi connectivity index (χ0n) is 17.7. The molecule has 4 atom stereocenters. The Labute approximate surface area is 167 Å². The number of nitrogens with one attached hydrogen (secondary N) is 1. The van der Waals surface area contributed by atoms with Gasteiger partial charge < -0.3 is 9.31 Å². The largest absolute Gasteiger partial charge is 0.477 e. The molecule has 150 valence electrons. The summed E-state index contributed by atoms with van der Waals surface area (Å²) in [5, 5.41) is 0. The SMILES string of the molecule is CC(C)(C)[S@@](=O)N[C@@H](C[C@H]1C[C@@H]1c1ccccc1)B1OC(C)(C)C(C)(C)O1. The summed E-state index contributed by atoms with van der Waals surface area (Å²) in [6, 6.07) is 10.7. The van der Waals surface area contributed by atoms with Gasteiger partial charge in [-0.2, -0.15) is 0 Å². The third-order valence-corrected chi connectivity index (χ3v) is 7.75. The van der Waals surface area contributed by atoms with Gasteiger partial charge in [-0.3, -0.25) is 0 Å². The van der Waals surface area contributed by atoms with E-state index in [-0.39, 0.29) is 21.9 Å². The molecule has 2 aliphatic rings. The molecule has 1 aliphatic carbocycles. The van der Waals surface area contributed by atoms with Crippen LogP contribution in [0.4, 0.5) is 0 Å². The summed E-state index contributed by atoms with van der Waals surface area (Å²) >= 11 is 0. The smallest absolute Gasteiger partial charge is 0.402 e. The van der Waals surface area contributed by atoms with Crippen molar-refractivity contribution in [3.05, 3.63) is 35.9 Å². The highest BCUT2D eigenvalue weighted by molar-refractivity contribution is 7.84. The fourth-order valence-corrected chi connectivity index (χ4v) is 4.36. The van der Waals surface area contributed by atoms with E-state index in [1.54, 1.807) is 0 Å². The number of hydrogen-bond donors (Lipinski definition) is 1. The molecular formula is C21H34BNO3S. The van der Waals surface area contributed by atoms with Crippen LogP contribution >= 0.6 is 0 Å². The quantitative estimate of drug-likeness (QED) is 0.739. The van der Waals surface area contributed by atoms with E-state index in [4.69, 9.17) is 9.31 Å². The maximum Gasteiger partial charge on any atom is 0.477 e. The van der Waals surface area contributed by atoms with Crippen molar-refractivity contribution in [2.45, 2.75) is 89.1 Å². The Hall–Kier alpha value is -0.685. The Morgan fingerprint density at radius 2 is 1.70 bits per heavy atom. The van der Waals surface area contributed by atoms with Gasteiger partial charge in [-0.1, -0.05) is 30.3 Å². The minimum Gasteiger partial charge on any atom is -0.402 e. The van der Waals surface area contributed by atoms with Crippen LogP contribution in [0.5, 0.6) is 0 Å². The van der Waals surface area contributed by atoms with Crippen molar-refractivity contribution < 1.29 is 13.5 Å². The Morgan fingerprint density at radius 1 is 1.15 bits per heavy atom. The molecule has 0 bridgehead atoms. The molecule has 27 heavy (non-hydrogen) atoms. The monoisotopic (exact) mass is 391 g/mol. The molecule has 2 fully saturated rings. The lowest BCUT2D eigenvalue weighted by Gasteiger charge is -2.32. The van der Waals surface area contributed by atoms with Gasteiger partial charge in [0.25, 0.3) is 0 Å². The summed E-state index contributed by atoms with van der Waals surface area (Å²) in [6.07, 6.45) is 2.07. The molecule has 1 saturated heterocycles. The molecule has 1 saturated carbocycles. The molecule has 1 heterocycles. The van der Waals surface area contributed by atoms with Crippen molar-refractivity contribution in [1.82, 2.24) is 4.72 Å². The first-order valence-electron chi connectivity index (χ1n) is 9.99. The molecule has 0 aromatic heterocycles. The van der Waals surface area contributed by atoms with E-state index in [0.29, 0.717) is 11.8 Å². The number of benzene rings is 1. The molecule has 3 rings (SSSR count). The topological polar surface area (TPSA) is 47.6 Å². The summed E-state index contributed by atoms with van der Waals surface area (Å²) in [5.74, 6) is 1.06. The highest BCUT2D eigenvalue weighted by Gasteiger charge is 2.55. The number of hydrogen-bond acceptors (Lipinski definition) is 3. The maximum absolute atomic E-state index is 12.8. The molecule has 0 spiro atoms. The van der Waals surface area contributed by atoms with Gasteiger partial charge in [0.05, 0.1) is 32.9 Å². The van der Waals surface area contributed by atoms with E-state index in [1.807, 2.05) is 20.8 Å². The molecule has 0 amide bonds. The lowest BCUT2D eigenvalue weighted by Crippen LogP contribution is -2.49. The molecule has 0 radical (unpaired) electrons. The van der Waals surface area contributed by atoms with Crippen LogP contribution in [0.15, 0.2) is 30.3 Å². The summed E-state index contributed by atoms with van der Waals surface area (Å²) in [5.41, 5.74) is 0.624.